The predicted octanol–water partition coefficient (Wildman–Crippen LogP) is 4.16. The molecule has 3 amide bonds. The van der Waals surface area contributed by atoms with Gasteiger partial charge in [0.15, 0.2) is 0 Å². The van der Waals surface area contributed by atoms with Gasteiger partial charge in [0.05, 0.1) is 11.5 Å². The summed E-state index contributed by atoms with van der Waals surface area (Å²) in [5, 5.41) is 5.65. The van der Waals surface area contributed by atoms with Crippen molar-refractivity contribution in [3.8, 4) is 0 Å². The second-order valence-corrected chi connectivity index (χ2v) is 8.05. The van der Waals surface area contributed by atoms with Gasteiger partial charge < -0.3 is 15.5 Å². The number of benzene rings is 2. The Labute approximate surface area is 179 Å². The lowest BCUT2D eigenvalue weighted by atomic mass is 9.87. The Kier molecular flexibility index (Phi) is 6.87. The fourth-order valence-electron chi connectivity index (χ4n) is 3.77. The molecule has 8 heteroatoms. The Morgan fingerprint density at radius 2 is 1.77 bits per heavy atom. The molecule has 1 aliphatic heterocycles. The second kappa shape index (κ2) is 9.41. The molecule has 0 saturated carbocycles. The van der Waals surface area contributed by atoms with E-state index < -0.39 is 23.6 Å². The average Bonchev–Trinajstić information content (AvgIpc) is 3.18. The Bertz CT molecular complexity index is 916. The molecule has 1 aliphatic rings. The highest BCUT2D eigenvalue weighted by molar-refractivity contribution is 5.83. The molecule has 3 rings (SSSR count). The van der Waals surface area contributed by atoms with E-state index in [1.165, 1.54) is 11.0 Å². The zero-order valence-electron chi connectivity index (χ0n) is 17.4. The van der Waals surface area contributed by atoms with E-state index in [0.29, 0.717) is 12.1 Å². The molecule has 0 aliphatic carbocycles. The number of urea groups is 1. The highest BCUT2D eigenvalue weighted by atomic mass is 19.4. The molecule has 5 nitrogen and oxygen atoms in total. The number of alkyl halides is 3. The molecule has 2 atom stereocenters. The second-order valence-electron chi connectivity index (χ2n) is 8.05. The molecule has 1 fully saturated rings. The van der Waals surface area contributed by atoms with Gasteiger partial charge >= 0.3 is 12.2 Å². The van der Waals surface area contributed by atoms with Gasteiger partial charge in [-0.3, -0.25) is 4.79 Å². The number of carbonyl (C=O) groups is 2. The normalized spacial score (nSPS) is 18.8. The van der Waals surface area contributed by atoms with Crippen LogP contribution in [0.4, 0.5) is 18.0 Å². The van der Waals surface area contributed by atoms with Gasteiger partial charge in [0, 0.05) is 31.6 Å². The van der Waals surface area contributed by atoms with Crippen LogP contribution < -0.4 is 10.6 Å². The highest BCUT2D eigenvalue weighted by Gasteiger charge is 2.41. The standard InChI is InChI=1S/C23H26F3N3O2/c1-15(2)28-22(31)29-13-19(17-9-6-10-18(11-17)23(24,25)26)20(14-29)21(30)27-12-16-7-4-3-5-8-16/h3-11,15,19-20H,12-14H2,1-2H3,(H,27,30)(H,28,31)/t19-,20-/m1/s1. The Balaban J connectivity index is 1.82. The van der Waals surface area contributed by atoms with E-state index in [2.05, 4.69) is 10.6 Å². The number of nitrogens with zero attached hydrogens (tertiary/aromatic N) is 1. The molecule has 0 bridgehead atoms. The summed E-state index contributed by atoms with van der Waals surface area (Å²) < 4.78 is 39.6. The third-order valence-electron chi connectivity index (χ3n) is 5.31. The van der Waals surface area contributed by atoms with Gasteiger partial charge in [0.25, 0.3) is 0 Å². The van der Waals surface area contributed by atoms with Crippen LogP contribution in [0.1, 0.15) is 36.5 Å². The first-order valence-corrected chi connectivity index (χ1v) is 10.2. The summed E-state index contributed by atoms with van der Waals surface area (Å²) in [5.74, 6) is -1.47. The first-order valence-electron chi connectivity index (χ1n) is 10.2. The van der Waals surface area contributed by atoms with E-state index in [1.54, 1.807) is 6.07 Å². The minimum absolute atomic E-state index is 0.0922. The summed E-state index contributed by atoms with van der Waals surface area (Å²) >= 11 is 0. The Hall–Kier alpha value is -3.03. The summed E-state index contributed by atoms with van der Waals surface area (Å²) in [7, 11) is 0. The largest absolute Gasteiger partial charge is 0.416 e. The first kappa shape index (κ1) is 22.7. The van der Waals surface area contributed by atoms with Gasteiger partial charge in [-0.25, -0.2) is 4.79 Å². The summed E-state index contributed by atoms with van der Waals surface area (Å²) in [5.41, 5.74) is 0.548. The lowest BCUT2D eigenvalue weighted by molar-refractivity contribution is -0.137. The van der Waals surface area contributed by atoms with Gasteiger partial charge in [0.1, 0.15) is 0 Å². The van der Waals surface area contributed by atoms with Crippen LogP contribution in [0.25, 0.3) is 0 Å². The molecule has 1 saturated heterocycles. The lowest BCUT2D eigenvalue weighted by Crippen LogP contribution is -2.42. The lowest BCUT2D eigenvalue weighted by Gasteiger charge is -2.19. The van der Waals surface area contributed by atoms with Crippen LogP contribution in [0.3, 0.4) is 0 Å². The van der Waals surface area contributed by atoms with E-state index in [0.717, 1.165) is 17.7 Å². The number of rotatable bonds is 5. The monoisotopic (exact) mass is 433 g/mol. The number of hydrogen-bond donors (Lipinski definition) is 2. The summed E-state index contributed by atoms with van der Waals surface area (Å²) in [6, 6.07) is 13.9. The fourth-order valence-corrected chi connectivity index (χ4v) is 3.77. The van der Waals surface area contributed by atoms with Gasteiger partial charge in [-0.05, 0) is 31.0 Å². The average molecular weight is 433 g/mol. The predicted molar refractivity (Wildman–Crippen MR) is 111 cm³/mol. The van der Waals surface area contributed by atoms with Crippen LogP contribution >= 0.6 is 0 Å². The van der Waals surface area contributed by atoms with Crippen molar-refractivity contribution in [2.45, 2.75) is 38.5 Å². The van der Waals surface area contributed by atoms with Crippen molar-refractivity contribution < 1.29 is 22.8 Å². The van der Waals surface area contributed by atoms with Crippen molar-refractivity contribution in [1.82, 2.24) is 15.5 Å². The topological polar surface area (TPSA) is 61.4 Å². The quantitative estimate of drug-likeness (QED) is 0.744. The highest BCUT2D eigenvalue weighted by Crippen LogP contribution is 2.36. The van der Waals surface area contributed by atoms with Crippen LogP contribution in [0.2, 0.25) is 0 Å². The van der Waals surface area contributed by atoms with E-state index >= 15 is 0 Å². The molecular weight excluding hydrogens is 407 g/mol. The Morgan fingerprint density at radius 3 is 2.42 bits per heavy atom. The molecule has 31 heavy (non-hydrogen) atoms. The van der Waals surface area contributed by atoms with Gasteiger partial charge in [-0.2, -0.15) is 13.2 Å². The van der Waals surface area contributed by atoms with Crippen LogP contribution in [0, 0.1) is 5.92 Å². The number of nitrogens with one attached hydrogen (secondary N) is 2. The summed E-state index contributed by atoms with van der Waals surface area (Å²) in [4.78, 5) is 27.0. The minimum Gasteiger partial charge on any atom is -0.352 e. The molecule has 0 radical (unpaired) electrons. The molecule has 2 N–H and O–H groups in total. The van der Waals surface area contributed by atoms with Crippen LogP contribution in [0.15, 0.2) is 54.6 Å². The zero-order valence-corrected chi connectivity index (χ0v) is 17.4. The summed E-state index contributed by atoms with van der Waals surface area (Å²) in [6.07, 6.45) is -4.48. The SMILES string of the molecule is CC(C)NC(=O)N1C[C@H](c2cccc(C(F)(F)F)c2)[C@H](C(=O)NCc2ccccc2)C1. The fraction of sp³-hybridized carbons (Fsp3) is 0.391. The van der Waals surface area contributed by atoms with Crippen LogP contribution in [-0.2, 0) is 17.5 Å². The van der Waals surface area contributed by atoms with Crippen molar-refractivity contribution in [2.24, 2.45) is 5.92 Å². The van der Waals surface area contributed by atoms with Crippen molar-refractivity contribution >= 4 is 11.9 Å². The van der Waals surface area contributed by atoms with E-state index in [9.17, 15) is 22.8 Å². The summed E-state index contributed by atoms with van der Waals surface area (Å²) in [6.45, 7) is 4.26. The maximum atomic E-state index is 13.2. The maximum Gasteiger partial charge on any atom is 0.416 e. The van der Waals surface area contributed by atoms with E-state index in [-0.39, 0.29) is 31.1 Å². The van der Waals surface area contributed by atoms with Crippen molar-refractivity contribution in [1.29, 1.82) is 0 Å². The van der Waals surface area contributed by atoms with Gasteiger partial charge in [-0.1, -0.05) is 48.5 Å². The van der Waals surface area contributed by atoms with Crippen LogP contribution in [0.5, 0.6) is 0 Å². The van der Waals surface area contributed by atoms with Crippen molar-refractivity contribution in [2.75, 3.05) is 13.1 Å². The zero-order chi connectivity index (χ0) is 22.6. The molecule has 1 heterocycles. The number of likely N-dealkylation sites (tertiary alicyclic amines) is 1. The third kappa shape index (κ3) is 5.77. The molecule has 0 spiro atoms. The van der Waals surface area contributed by atoms with Crippen molar-refractivity contribution in [3.63, 3.8) is 0 Å². The molecule has 2 aromatic rings. The molecular formula is C23H26F3N3O2. The minimum atomic E-state index is -4.48. The Morgan fingerprint density at radius 1 is 1.06 bits per heavy atom. The van der Waals surface area contributed by atoms with E-state index in [4.69, 9.17) is 0 Å². The van der Waals surface area contributed by atoms with Gasteiger partial charge in [0.2, 0.25) is 5.91 Å². The van der Waals surface area contributed by atoms with Gasteiger partial charge in [-0.15, -0.1) is 0 Å². The number of hydrogen-bond acceptors (Lipinski definition) is 2. The first-order chi connectivity index (χ1) is 14.6. The van der Waals surface area contributed by atoms with E-state index in [1.807, 2.05) is 44.2 Å². The number of halogens is 3. The smallest absolute Gasteiger partial charge is 0.352 e. The molecule has 0 aromatic heterocycles. The molecule has 2 aromatic carbocycles. The maximum absolute atomic E-state index is 13.2. The molecule has 166 valence electrons. The number of amides is 3. The molecule has 0 unspecified atom stereocenters. The third-order valence-corrected chi connectivity index (χ3v) is 5.31. The van der Waals surface area contributed by atoms with Crippen LogP contribution in [-0.4, -0.2) is 36.0 Å². The van der Waals surface area contributed by atoms with Crippen molar-refractivity contribution in [3.05, 3.63) is 71.3 Å². The number of carbonyl (C=O) groups excluding carboxylic acids is 2.